The first-order valence-electron chi connectivity index (χ1n) is 3.71. The van der Waals surface area contributed by atoms with E-state index in [1.165, 1.54) is 6.07 Å². The Morgan fingerprint density at radius 1 is 1.42 bits per heavy atom. The number of hydrogen-bond acceptors (Lipinski definition) is 1. The molecular formula is C9H10BrFS. The van der Waals surface area contributed by atoms with Crippen LogP contribution in [0.4, 0.5) is 4.39 Å². The lowest BCUT2D eigenvalue weighted by Crippen LogP contribution is -1.86. The van der Waals surface area contributed by atoms with Crippen molar-refractivity contribution in [2.75, 3.05) is 0 Å². The molecule has 12 heavy (non-hydrogen) atoms. The van der Waals surface area contributed by atoms with Crippen LogP contribution in [0.3, 0.4) is 0 Å². The summed E-state index contributed by atoms with van der Waals surface area (Å²) in [4.78, 5) is 1.10. The van der Waals surface area contributed by atoms with Crippen LogP contribution in [0.25, 0.3) is 0 Å². The topological polar surface area (TPSA) is 0 Å². The molecule has 1 aromatic carbocycles. The molecular weight excluding hydrogens is 239 g/mol. The molecule has 0 saturated carbocycles. The molecule has 1 rings (SSSR count). The van der Waals surface area contributed by atoms with Crippen molar-refractivity contribution < 1.29 is 4.39 Å². The minimum Gasteiger partial charge on any atom is -0.206 e. The zero-order chi connectivity index (χ0) is 9.14. The lowest BCUT2D eigenvalue weighted by Gasteiger charge is -2.04. The molecule has 0 aromatic heterocycles. The third-order valence-corrected chi connectivity index (χ3v) is 2.87. The first kappa shape index (κ1) is 10.1. The van der Waals surface area contributed by atoms with E-state index in [1.54, 1.807) is 23.9 Å². The van der Waals surface area contributed by atoms with Gasteiger partial charge >= 0.3 is 0 Å². The van der Waals surface area contributed by atoms with E-state index in [2.05, 4.69) is 29.8 Å². The zero-order valence-electron chi connectivity index (χ0n) is 6.97. The highest BCUT2D eigenvalue weighted by atomic mass is 79.9. The Bertz CT molecular complexity index is 273. The first-order chi connectivity index (χ1) is 5.59. The molecule has 66 valence electrons. The molecule has 0 nitrogen and oxygen atoms in total. The minimum absolute atomic E-state index is 0.205. The Labute approximate surface area is 84.7 Å². The van der Waals surface area contributed by atoms with Gasteiger partial charge in [-0.05, 0) is 34.1 Å². The van der Waals surface area contributed by atoms with Crippen LogP contribution >= 0.6 is 27.7 Å². The molecule has 0 aliphatic rings. The van der Waals surface area contributed by atoms with Crippen LogP contribution in [-0.2, 0) is 0 Å². The molecule has 1 aromatic rings. The molecule has 0 spiro atoms. The van der Waals surface area contributed by atoms with Crippen molar-refractivity contribution in [1.82, 2.24) is 0 Å². The molecule has 0 bridgehead atoms. The molecule has 0 heterocycles. The maximum atomic E-state index is 12.8. The monoisotopic (exact) mass is 248 g/mol. The fourth-order valence-electron chi connectivity index (χ4n) is 0.822. The van der Waals surface area contributed by atoms with Gasteiger partial charge in [0.05, 0.1) is 4.47 Å². The maximum Gasteiger partial charge on any atom is 0.137 e. The fourth-order valence-corrected chi connectivity index (χ4v) is 2.23. The highest BCUT2D eigenvalue weighted by Gasteiger charge is 2.02. The summed E-state index contributed by atoms with van der Waals surface area (Å²) < 4.78 is 13.3. The normalized spacial score (nSPS) is 10.8. The third-order valence-electron chi connectivity index (χ3n) is 1.26. The van der Waals surface area contributed by atoms with Gasteiger partial charge in [-0.25, -0.2) is 4.39 Å². The number of thioether (sulfide) groups is 1. The second-order valence-corrected chi connectivity index (χ2v) is 5.25. The Kier molecular flexibility index (Phi) is 3.59. The van der Waals surface area contributed by atoms with Crippen molar-refractivity contribution in [2.24, 2.45) is 0 Å². The van der Waals surface area contributed by atoms with Crippen LogP contribution in [-0.4, -0.2) is 5.25 Å². The maximum absolute atomic E-state index is 12.8. The second kappa shape index (κ2) is 4.28. The third kappa shape index (κ3) is 2.79. The Morgan fingerprint density at radius 3 is 2.58 bits per heavy atom. The lowest BCUT2D eigenvalue weighted by molar-refractivity contribution is 0.619. The average Bonchev–Trinajstić information content (AvgIpc) is 1.96. The van der Waals surface area contributed by atoms with Gasteiger partial charge in [0.25, 0.3) is 0 Å². The predicted molar refractivity (Wildman–Crippen MR) is 55.1 cm³/mol. The van der Waals surface area contributed by atoms with E-state index in [0.29, 0.717) is 9.72 Å². The van der Waals surface area contributed by atoms with Gasteiger partial charge in [-0.15, -0.1) is 11.8 Å². The van der Waals surface area contributed by atoms with Crippen LogP contribution in [0, 0.1) is 5.82 Å². The summed E-state index contributed by atoms with van der Waals surface area (Å²) in [6, 6.07) is 5.08. The summed E-state index contributed by atoms with van der Waals surface area (Å²) in [6.07, 6.45) is 0. The summed E-state index contributed by atoms with van der Waals surface area (Å²) in [7, 11) is 0. The van der Waals surface area contributed by atoms with Gasteiger partial charge in [0.1, 0.15) is 5.82 Å². The standard InChI is InChI=1S/C9H10BrFS/c1-6(2)12-7-3-4-9(11)8(10)5-7/h3-6H,1-2H3. The van der Waals surface area contributed by atoms with E-state index in [0.717, 1.165) is 4.90 Å². The molecule has 0 aliphatic heterocycles. The van der Waals surface area contributed by atoms with Crippen molar-refractivity contribution in [1.29, 1.82) is 0 Å². The summed E-state index contributed by atoms with van der Waals surface area (Å²) in [5.74, 6) is -0.205. The average molecular weight is 249 g/mol. The SMILES string of the molecule is CC(C)Sc1ccc(F)c(Br)c1. The van der Waals surface area contributed by atoms with Crippen LogP contribution < -0.4 is 0 Å². The summed E-state index contributed by atoms with van der Waals surface area (Å²) in [5.41, 5.74) is 0. The van der Waals surface area contributed by atoms with Gasteiger partial charge in [0.15, 0.2) is 0 Å². The number of rotatable bonds is 2. The molecule has 0 amide bonds. The van der Waals surface area contributed by atoms with E-state index >= 15 is 0 Å². The van der Waals surface area contributed by atoms with Crippen molar-refractivity contribution in [2.45, 2.75) is 24.0 Å². The predicted octanol–water partition coefficient (Wildman–Crippen LogP) is 4.09. The molecule has 0 N–H and O–H groups in total. The van der Waals surface area contributed by atoms with Crippen LogP contribution in [0.5, 0.6) is 0 Å². The van der Waals surface area contributed by atoms with Gasteiger partial charge in [-0.2, -0.15) is 0 Å². The van der Waals surface area contributed by atoms with E-state index in [4.69, 9.17) is 0 Å². The summed E-state index contributed by atoms with van der Waals surface area (Å²) in [5, 5.41) is 0.530. The van der Waals surface area contributed by atoms with Crippen LogP contribution in [0.15, 0.2) is 27.6 Å². The van der Waals surface area contributed by atoms with Gasteiger partial charge < -0.3 is 0 Å². The molecule has 3 heteroatoms. The molecule has 0 unspecified atom stereocenters. The quantitative estimate of drug-likeness (QED) is 0.711. The minimum atomic E-state index is -0.205. The number of benzene rings is 1. The van der Waals surface area contributed by atoms with E-state index < -0.39 is 0 Å². The number of hydrogen-bond donors (Lipinski definition) is 0. The van der Waals surface area contributed by atoms with E-state index in [9.17, 15) is 4.39 Å². The van der Waals surface area contributed by atoms with Crippen molar-refractivity contribution >= 4 is 27.7 Å². The smallest absolute Gasteiger partial charge is 0.137 e. The van der Waals surface area contributed by atoms with Crippen molar-refractivity contribution in [3.8, 4) is 0 Å². The van der Waals surface area contributed by atoms with E-state index in [1.807, 2.05) is 0 Å². The van der Waals surface area contributed by atoms with Crippen LogP contribution in [0.1, 0.15) is 13.8 Å². The van der Waals surface area contributed by atoms with Gasteiger partial charge in [0, 0.05) is 10.1 Å². The fraction of sp³-hybridized carbons (Fsp3) is 0.333. The van der Waals surface area contributed by atoms with E-state index in [-0.39, 0.29) is 5.82 Å². The summed E-state index contributed by atoms with van der Waals surface area (Å²) in [6.45, 7) is 4.23. The van der Waals surface area contributed by atoms with Gasteiger partial charge in [-0.3, -0.25) is 0 Å². The van der Waals surface area contributed by atoms with Crippen molar-refractivity contribution in [3.05, 3.63) is 28.5 Å². The molecule has 0 saturated heterocycles. The highest BCUT2D eigenvalue weighted by molar-refractivity contribution is 9.10. The molecule has 0 fully saturated rings. The lowest BCUT2D eigenvalue weighted by atomic mass is 10.3. The Morgan fingerprint density at radius 2 is 2.08 bits per heavy atom. The molecule has 0 aliphatic carbocycles. The van der Waals surface area contributed by atoms with Gasteiger partial charge in [-0.1, -0.05) is 13.8 Å². The molecule has 0 radical (unpaired) electrons. The largest absolute Gasteiger partial charge is 0.206 e. The zero-order valence-corrected chi connectivity index (χ0v) is 9.38. The van der Waals surface area contributed by atoms with Crippen molar-refractivity contribution in [3.63, 3.8) is 0 Å². The first-order valence-corrected chi connectivity index (χ1v) is 5.38. The summed E-state index contributed by atoms with van der Waals surface area (Å²) >= 11 is 4.87. The Balaban J connectivity index is 2.82. The van der Waals surface area contributed by atoms with Gasteiger partial charge in [0.2, 0.25) is 0 Å². The molecule has 0 atom stereocenters. The highest BCUT2D eigenvalue weighted by Crippen LogP contribution is 2.26. The second-order valence-electron chi connectivity index (χ2n) is 2.74. The van der Waals surface area contributed by atoms with Crippen LogP contribution in [0.2, 0.25) is 0 Å². The Hall–Kier alpha value is -0.0200. The number of halogens is 2.